The number of nitrogens with one attached hydrogen (secondary N) is 1. The highest BCUT2D eigenvalue weighted by atomic mass is 16.2. The molecule has 0 fully saturated rings. The van der Waals surface area contributed by atoms with Gasteiger partial charge in [-0.3, -0.25) is 9.59 Å². The molecule has 0 aromatic heterocycles. The lowest BCUT2D eigenvalue weighted by molar-refractivity contribution is -0.128. The van der Waals surface area contributed by atoms with Gasteiger partial charge in [-0.25, -0.2) is 5.01 Å². The van der Waals surface area contributed by atoms with Crippen molar-refractivity contribution < 1.29 is 9.59 Å². The van der Waals surface area contributed by atoms with Crippen LogP contribution in [0.1, 0.15) is 27.2 Å². The highest BCUT2D eigenvalue weighted by molar-refractivity contribution is 5.87. The van der Waals surface area contributed by atoms with Gasteiger partial charge in [-0.05, 0) is 12.3 Å². The Hall–Kier alpha value is -1.46. The standard InChI is InChI=1S/C9H16N4O2/c1-6(2)4-5-13-8(10-7(3)14)9(15)11-12-13/h6,8H,4-5H2,1-3H3,(H,10,14). The maximum atomic E-state index is 11.2. The van der Waals surface area contributed by atoms with Gasteiger partial charge in [0, 0.05) is 13.5 Å². The fourth-order valence-corrected chi connectivity index (χ4v) is 1.23. The first-order valence-electron chi connectivity index (χ1n) is 5.00. The molecule has 1 rings (SSSR count). The number of amides is 2. The molecular weight excluding hydrogens is 196 g/mol. The Morgan fingerprint density at radius 2 is 2.27 bits per heavy atom. The summed E-state index contributed by atoms with van der Waals surface area (Å²) in [5.41, 5.74) is 0. The fourth-order valence-electron chi connectivity index (χ4n) is 1.23. The molecule has 0 aromatic carbocycles. The van der Waals surface area contributed by atoms with Crippen LogP contribution in [0.5, 0.6) is 0 Å². The monoisotopic (exact) mass is 212 g/mol. The molecular formula is C9H16N4O2. The quantitative estimate of drug-likeness (QED) is 0.745. The zero-order chi connectivity index (χ0) is 11.4. The number of hydrogen-bond acceptors (Lipinski definition) is 4. The molecule has 15 heavy (non-hydrogen) atoms. The molecule has 6 nitrogen and oxygen atoms in total. The lowest BCUT2D eigenvalue weighted by Gasteiger charge is -2.21. The Bertz CT molecular complexity index is 288. The van der Waals surface area contributed by atoms with Crippen LogP contribution in [0.2, 0.25) is 0 Å². The van der Waals surface area contributed by atoms with Gasteiger partial charge in [0.1, 0.15) is 0 Å². The average Bonchev–Trinajstić information content (AvgIpc) is 2.44. The normalized spacial score (nSPS) is 20.1. The fraction of sp³-hybridized carbons (Fsp3) is 0.778. The van der Waals surface area contributed by atoms with Gasteiger partial charge < -0.3 is 5.32 Å². The average molecular weight is 212 g/mol. The Kier molecular flexibility index (Phi) is 3.76. The third-order valence-electron chi connectivity index (χ3n) is 2.07. The van der Waals surface area contributed by atoms with Gasteiger partial charge in [0.25, 0.3) is 0 Å². The van der Waals surface area contributed by atoms with Crippen LogP contribution in [0.25, 0.3) is 0 Å². The smallest absolute Gasteiger partial charge is 0.310 e. The summed E-state index contributed by atoms with van der Waals surface area (Å²) in [5.74, 6) is -0.141. The van der Waals surface area contributed by atoms with Crippen LogP contribution in [0.3, 0.4) is 0 Å². The summed E-state index contributed by atoms with van der Waals surface area (Å²) in [5, 5.41) is 11.2. The lowest BCUT2D eigenvalue weighted by atomic mass is 10.1. The SMILES string of the molecule is CC(=O)NC1C(=O)N=NN1CCC(C)C. The first-order chi connectivity index (χ1) is 7.00. The molecule has 84 valence electrons. The summed E-state index contributed by atoms with van der Waals surface area (Å²) in [4.78, 5) is 22.1. The van der Waals surface area contributed by atoms with Crippen molar-refractivity contribution in [2.24, 2.45) is 16.3 Å². The number of rotatable bonds is 4. The third-order valence-corrected chi connectivity index (χ3v) is 2.07. The van der Waals surface area contributed by atoms with E-state index in [1.165, 1.54) is 11.9 Å². The predicted molar refractivity (Wildman–Crippen MR) is 53.6 cm³/mol. The summed E-state index contributed by atoms with van der Waals surface area (Å²) >= 11 is 0. The van der Waals surface area contributed by atoms with E-state index in [0.29, 0.717) is 12.5 Å². The highest BCUT2D eigenvalue weighted by Gasteiger charge is 2.31. The lowest BCUT2D eigenvalue weighted by Crippen LogP contribution is -2.47. The van der Waals surface area contributed by atoms with E-state index >= 15 is 0 Å². The van der Waals surface area contributed by atoms with Crippen molar-refractivity contribution in [2.75, 3.05) is 6.54 Å². The molecule has 0 saturated carbocycles. The van der Waals surface area contributed by atoms with E-state index < -0.39 is 12.1 Å². The van der Waals surface area contributed by atoms with Crippen LogP contribution in [0.15, 0.2) is 10.3 Å². The van der Waals surface area contributed by atoms with E-state index in [9.17, 15) is 9.59 Å². The summed E-state index contributed by atoms with van der Waals surface area (Å²) < 4.78 is 0. The zero-order valence-corrected chi connectivity index (χ0v) is 9.23. The minimum Gasteiger partial charge on any atom is -0.327 e. The van der Waals surface area contributed by atoms with Gasteiger partial charge in [0.15, 0.2) is 0 Å². The highest BCUT2D eigenvalue weighted by Crippen LogP contribution is 2.12. The van der Waals surface area contributed by atoms with Crippen LogP contribution in [0, 0.1) is 5.92 Å². The molecule has 1 N–H and O–H groups in total. The van der Waals surface area contributed by atoms with E-state index in [1.807, 2.05) is 0 Å². The van der Waals surface area contributed by atoms with Gasteiger partial charge >= 0.3 is 5.91 Å². The summed E-state index contributed by atoms with van der Waals surface area (Å²) in [6, 6.07) is 0. The number of nitrogens with zero attached hydrogens (tertiary/aromatic N) is 3. The van der Waals surface area contributed by atoms with Crippen LogP contribution in [0.4, 0.5) is 0 Å². The van der Waals surface area contributed by atoms with Crippen LogP contribution < -0.4 is 5.32 Å². The molecule has 1 atom stereocenters. The van der Waals surface area contributed by atoms with E-state index in [2.05, 4.69) is 29.5 Å². The largest absolute Gasteiger partial charge is 0.327 e. The predicted octanol–water partition coefficient (Wildman–Crippen LogP) is 0.704. The van der Waals surface area contributed by atoms with Crippen molar-refractivity contribution in [2.45, 2.75) is 33.4 Å². The maximum Gasteiger partial charge on any atom is 0.310 e. The van der Waals surface area contributed by atoms with Gasteiger partial charge in [-0.1, -0.05) is 24.2 Å². The van der Waals surface area contributed by atoms with Gasteiger partial charge in [0.2, 0.25) is 12.1 Å². The molecule has 1 unspecified atom stereocenters. The summed E-state index contributed by atoms with van der Waals surface area (Å²) in [6.07, 6.45) is 0.198. The molecule has 2 amide bonds. The van der Waals surface area contributed by atoms with E-state index in [0.717, 1.165) is 6.42 Å². The number of carbonyl (C=O) groups excluding carboxylic acids is 2. The summed E-state index contributed by atoms with van der Waals surface area (Å²) in [6.45, 7) is 6.16. The first kappa shape index (κ1) is 11.6. The van der Waals surface area contributed by atoms with Crippen molar-refractivity contribution in [1.82, 2.24) is 10.3 Å². The Labute approximate surface area is 88.7 Å². The second-order valence-corrected chi connectivity index (χ2v) is 3.98. The van der Waals surface area contributed by atoms with E-state index in [1.54, 1.807) is 0 Å². The van der Waals surface area contributed by atoms with Crippen LogP contribution in [-0.2, 0) is 9.59 Å². The van der Waals surface area contributed by atoms with E-state index in [-0.39, 0.29) is 5.91 Å². The molecule has 0 aromatic rings. The molecule has 1 aliphatic rings. The zero-order valence-electron chi connectivity index (χ0n) is 9.23. The number of hydrogen-bond donors (Lipinski definition) is 1. The molecule has 6 heteroatoms. The van der Waals surface area contributed by atoms with Crippen molar-refractivity contribution in [3.05, 3.63) is 0 Å². The number of carbonyl (C=O) groups is 2. The van der Waals surface area contributed by atoms with Crippen molar-refractivity contribution in [3.8, 4) is 0 Å². The molecule has 0 aliphatic carbocycles. The Morgan fingerprint density at radius 1 is 1.60 bits per heavy atom. The Morgan fingerprint density at radius 3 is 2.80 bits per heavy atom. The van der Waals surface area contributed by atoms with Gasteiger partial charge in [0.05, 0.1) is 0 Å². The topological polar surface area (TPSA) is 74.1 Å². The van der Waals surface area contributed by atoms with Gasteiger partial charge in [-0.2, -0.15) is 0 Å². The molecule has 1 heterocycles. The van der Waals surface area contributed by atoms with E-state index in [4.69, 9.17) is 0 Å². The summed E-state index contributed by atoms with van der Waals surface area (Å²) in [7, 11) is 0. The minimum absolute atomic E-state index is 0.254. The third kappa shape index (κ3) is 3.30. The van der Waals surface area contributed by atoms with Crippen molar-refractivity contribution in [1.29, 1.82) is 0 Å². The molecule has 0 radical (unpaired) electrons. The molecule has 0 saturated heterocycles. The van der Waals surface area contributed by atoms with Crippen molar-refractivity contribution >= 4 is 11.8 Å². The minimum atomic E-state index is -0.707. The Balaban J connectivity index is 2.51. The van der Waals surface area contributed by atoms with Crippen molar-refractivity contribution in [3.63, 3.8) is 0 Å². The second kappa shape index (κ2) is 4.86. The van der Waals surface area contributed by atoms with Gasteiger partial charge in [-0.15, -0.1) is 0 Å². The van der Waals surface area contributed by atoms with Crippen LogP contribution in [-0.4, -0.2) is 29.5 Å². The first-order valence-corrected chi connectivity index (χ1v) is 5.00. The molecule has 0 bridgehead atoms. The van der Waals surface area contributed by atoms with Crippen LogP contribution >= 0.6 is 0 Å². The molecule has 0 spiro atoms. The maximum absolute atomic E-state index is 11.2. The second-order valence-electron chi connectivity index (χ2n) is 3.98. The molecule has 1 aliphatic heterocycles.